The summed E-state index contributed by atoms with van der Waals surface area (Å²) in [6.45, 7) is 3.55. The molecule has 5 nitrogen and oxygen atoms in total. The Bertz CT molecular complexity index is 1290. The summed E-state index contributed by atoms with van der Waals surface area (Å²) in [7, 11) is 0. The molecule has 0 spiro atoms. The van der Waals surface area contributed by atoms with Crippen molar-refractivity contribution >= 4 is 22.5 Å². The fourth-order valence-corrected chi connectivity index (χ4v) is 4.33. The fourth-order valence-electron chi connectivity index (χ4n) is 4.33. The molecule has 1 amide bonds. The molecule has 32 heavy (non-hydrogen) atoms. The minimum atomic E-state index is -0.423. The maximum Gasteiger partial charge on any atom is 0.250 e. The summed E-state index contributed by atoms with van der Waals surface area (Å²) >= 11 is 0. The third-order valence-electron chi connectivity index (χ3n) is 5.96. The van der Waals surface area contributed by atoms with Crippen molar-refractivity contribution in [3.05, 3.63) is 90.0 Å². The van der Waals surface area contributed by atoms with Crippen LogP contribution in [0.3, 0.4) is 0 Å². The average Bonchev–Trinajstić information content (AvgIpc) is 3.27. The van der Waals surface area contributed by atoms with E-state index in [1.807, 2.05) is 66.7 Å². The van der Waals surface area contributed by atoms with Crippen molar-refractivity contribution in [2.45, 2.75) is 19.4 Å². The van der Waals surface area contributed by atoms with Crippen molar-refractivity contribution in [1.82, 2.24) is 4.98 Å². The number of carbonyl (C=O) groups excluding carboxylic acids is 1. The summed E-state index contributed by atoms with van der Waals surface area (Å²) in [5, 5.41) is 1.11. The van der Waals surface area contributed by atoms with Gasteiger partial charge in [0.05, 0.1) is 17.6 Å². The first-order chi connectivity index (χ1) is 15.6. The Morgan fingerprint density at radius 2 is 1.84 bits per heavy atom. The Balaban J connectivity index is 1.35. The van der Waals surface area contributed by atoms with Gasteiger partial charge in [-0.2, -0.15) is 0 Å². The third kappa shape index (κ3) is 4.02. The number of benzene rings is 3. The molecule has 160 valence electrons. The monoisotopic (exact) mass is 423 g/mol. The van der Waals surface area contributed by atoms with Gasteiger partial charge in [0.15, 0.2) is 0 Å². The quantitative estimate of drug-likeness (QED) is 0.492. The van der Waals surface area contributed by atoms with Gasteiger partial charge in [0, 0.05) is 30.1 Å². The van der Waals surface area contributed by atoms with Crippen LogP contribution in [0.25, 0.3) is 22.0 Å². The molecule has 1 aliphatic heterocycles. The van der Waals surface area contributed by atoms with Crippen LogP contribution in [0.4, 0.5) is 5.69 Å². The summed E-state index contributed by atoms with van der Waals surface area (Å²) in [5.74, 6) is 0.205. The Morgan fingerprint density at radius 3 is 2.66 bits per heavy atom. The fraction of sp³-hybridized carbons (Fsp3) is 0.185. The number of primary amides is 1. The normalized spacial score (nSPS) is 15.8. The summed E-state index contributed by atoms with van der Waals surface area (Å²) in [4.78, 5) is 19.1. The SMILES string of the molecule is Cc1ccc2nc(O[C@H]3CCN(c4ccc(-c5ccccc5)cc4C(N)=O)C3)ccc2c1. The lowest BCUT2D eigenvalue weighted by Crippen LogP contribution is -2.27. The van der Waals surface area contributed by atoms with E-state index < -0.39 is 5.91 Å². The van der Waals surface area contributed by atoms with Crippen LogP contribution in [0.1, 0.15) is 22.3 Å². The zero-order chi connectivity index (χ0) is 22.1. The highest BCUT2D eigenvalue weighted by Crippen LogP contribution is 2.31. The molecule has 0 saturated carbocycles. The number of anilines is 1. The van der Waals surface area contributed by atoms with Gasteiger partial charge in [-0.1, -0.05) is 48.0 Å². The number of amides is 1. The highest BCUT2D eigenvalue weighted by atomic mass is 16.5. The molecule has 2 heterocycles. The Labute approximate surface area is 187 Å². The van der Waals surface area contributed by atoms with Crippen LogP contribution in [0.5, 0.6) is 5.88 Å². The van der Waals surface area contributed by atoms with E-state index in [2.05, 4.69) is 28.9 Å². The van der Waals surface area contributed by atoms with Gasteiger partial charge < -0.3 is 15.4 Å². The molecule has 4 aromatic rings. The topological polar surface area (TPSA) is 68.4 Å². The minimum absolute atomic E-state index is 0.0000697. The molecule has 5 heteroatoms. The third-order valence-corrected chi connectivity index (χ3v) is 5.96. The van der Waals surface area contributed by atoms with Gasteiger partial charge in [-0.3, -0.25) is 4.79 Å². The first kappa shape index (κ1) is 20.1. The van der Waals surface area contributed by atoms with E-state index in [1.54, 1.807) is 0 Å². The van der Waals surface area contributed by atoms with Gasteiger partial charge in [0.1, 0.15) is 6.10 Å². The van der Waals surface area contributed by atoms with Crippen LogP contribution < -0.4 is 15.4 Å². The summed E-state index contributed by atoms with van der Waals surface area (Å²) in [6.07, 6.45) is 0.853. The van der Waals surface area contributed by atoms with Crippen molar-refractivity contribution in [3.63, 3.8) is 0 Å². The number of carbonyl (C=O) groups is 1. The van der Waals surface area contributed by atoms with E-state index in [-0.39, 0.29) is 6.10 Å². The maximum atomic E-state index is 12.2. The number of nitrogens with zero attached hydrogens (tertiary/aromatic N) is 2. The predicted molar refractivity (Wildman–Crippen MR) is 128 cm³/mol. The standard InChI is InChI=1S/C27H25N3O2/c1-18-7-10-24-21(15-18)9-12-26(29-24)32-22-13-14-30(17-22)25-11-8-20(16-23(25)27(28)31)19-5-3-2-4-6-19/h2-12,15-16,22H,13-14,17H2,1H3,(H2,28,31)/t22-/m0/s1. The smallest absolute Gasteiger partial charge is 0.250 e. The maximum absolute atomic E-state index is 12.2. The molecular weight excluding hydrogens is 398 g/mol. The van der Waals surface area contributed by atoms with Gasteiger partial charge in [-0.05, 0) is 48.4 Å². The number of rotatable bonds is 5. The van der Waals surface area contributed by atoms with Crippen molar-refractivity contribution in [2.75, 3.05) is 18.0 Å². The molecule has 2 N–H and O–H groups in total. The Kier molecular flexibility index (Phi) is 5.23. The summed E-state index contributed by atoms with van der Waals surface area (Å²) < 4.78 is 6.19. The molecule has 3 aromatic carbocycles. The number of aryl methyl sites for hydroxylation is 1. The molecule has 1 aliphatic rings. The first-order valence-corrected chi connectivity index (χ1v) is 10.8. The van der Waals surface area contributed by atoms with Crippen LogP contribution in [0.2, 0.25) is 0 Å². The highest BCUT2D eigenvalue weighted by Gasteiger charge is 2.27. The van der Waals surface area contributed by atoms with E-state index in [9.17, 15) is 4.79 Å². The van der Waals surface area contributed by atoms with Crippen molar-refractivity contribution in [3.8, 4) is 17.0 Å². The van der Waals surface area contributed by atoms with Gasteiger partial charge in [-0.25, -0.2) is 4.98 Å². The number of aromatic nitrogens is 1. The molecule has 1 saturated heterocycles. The van der Waals surface area contributed by atoms with Crippen LogP contribution in [-0.2, 0) is 0 Å². The van der Waals surface area contributed by atoms with E-state index in [0.29, 0.717) is 18.0 Å². The van der Waals surface area contributed by atoms with E-state index in [4.69, 9.17) is 10.5 Å². The largest absolute Gasteiger partial charge is 0.472 e. The molecule has 0 aliphatic carbocycles. The molecular formula is C27H25N3O2. The molecule has 0 bridgehead atoms. The van der Waals surface area contributed by atoms with Crippen LogP contribution in [0.15, 0.2) is 78.9 Å². The lowest BCUT2D eigenvalue weighted by molar-refractivity contribution is 0.100. The van der Waals surface area contributed by atoms with Gasteiger partial charge in [-0.15, -0.1) is 0 Å². The molecule has 0 unspecified atom stereocenters. The van der Waals surface area contributed by atoms with Gasteiger partial charge in [0.25, 0.3) is 5.91 Å². The number of fused-ring (bicyclic) bond motifs is 1. The first-order valence-electron chi connectivity index (χ1n) is 10.8. The van der Waals surface area contributed by atoms with E-state index >= 15 is 0 Å². The number of hydrogen-bond donors (Lipinski definition) is 1. The Morgan fingerprint density at radius 1 is 1.00 bits per heavy atom. The van der Waals surface area contributed by atoms with Crippen LogP contribution in [-0.4, -0.2) is 30.1 Å². The summed E-state index contributed by atoms with van der Waals surface area (Å²) in [5.41, 5.74) is 11.3. The average molecular weight is 424 g/mol. The van der Waals surface area contributed by atoms with E-state index in [1.165, 1.54) is 5.56 Å². The second-order valence-corrected chi connectivity index (χ2v) is 8.28. The van der Waals surface area contributed by atoms with Crippen LogP contribution in [0, 0.1) is 6.92 Å². The van der Waals surface area contributed by atoms with Crippen molar-refractivity contribution in [1.29, 1.82) is 0 Å². The van der Waals surface area contributed by atoms with E-state index in [0.717, 1.165) is 40.7 Å². The number of ether oxygens (including phenoxy) is 1. The molecule has 0 radical (unpaired) electrons. The van der Waals surface area contributed by atoms with Crippen LogP contribution >= 0.6 is 0 Å². The minimum Gasteiger partial charge on any atom is -0.472 e. The lowest BCUT2D eigenvalue weighted by atomic mass is 10.0. The van der Waals surface area contributed by atoms with Crippen molar-refractivity contribution in [2.24, 2.45) is 5.73 Å². The zero-order valence-corrected chi connectivity index (χ0v) is 18.0. The molecule has 1 fully saturated rings. The van der Waals surface area contributed by atoms with Gasteiger partial charge in [0.2, 0.25) is 5.88 Å². The molecule has 5 rings (SSSR count). The van der Waals surface area contributed by atoms with Crippen molar-refractivity contribution < 1.29 is 9.53 Å². The highest BCUT2D eigenvalue weighted by molar-refractivity contribution is 6.00. The second-order valence-electron chi connectivity index (χ2n) is 8.28. The second kappa shape index (κ2) is 8.35. The predicted octanol–water partition coefficient (Wildman–Crippen LogP) is 4.97. The number of pyridine rings is 1. The lowest BCUT2D eigenvalue weighted by Gasteiger charge is -2.22. The van der Waals surface area contributed by atoms with Gasteiger partial charge >= 0.3 is 0 Å². The summed E-state index contributed by atoms with van der Waals surface area (Å²) in [6, 6.07) is 26.1. The Hall–Kier alpha value is -3.86. The molecule has 1 aromatic heterocycles. The number of nitrogens with two attached hydrogens (primary N) is 1. The zero-order valence-electron chi connectivity index (χ0n) is 18.0. The number of hydrogen-bond acceptors (Lipinski definition) is 4. The molecule has 1 atom stereocenters.